The van der Waals surface area contributed by atoms with Crippen molar-refractivity contribution in [3.63, 3.8) is 0 Å². The van der Waals surface area contributed by atoms with Crippen LogP contribution in [-0.2, 0) is 19.5 Å². The Morgan fingerprint density at radius 2 is 2.14 bits per heavy atom. The minimum Gasteiger partial charge on any atom is -0.454 e. The maximum Gasteiger partial charge on any atom is 0.243 e. The van der Waals surface area contributed by atoms with Crippen molar-refractivity contribution in [3.8, 4) is 11.5 Å². The minimum absolute atomic E-state index is 0.114. The van der Waals surface area contributed by atoms with Crippen molar-refractivity contribution in [1.29, 1.82) is 0 Å². The number of fused-ring (bicyclic) bond motifs is 1. The summed E-state index contributed by atoms with van der Waals surface area (Å²) in [4.78, 5) is 0.190. The summed E-state index contributed by atoms with van der Waals surface area (Å²) in [5.74, 6) is 1.01. The highest BCUT2D eigenvalue weighted by Gasteiger charge is 2.34. The van der Waals surface area contributed by atoms with Crippen LogP contribution < -0.4 is 9.47 Å². The fraction of sp³-hybridized carbons (Fsp3) is 0.538. The lowest BCUT2D eigenvalue weighted by molar-refractivity contribution is 0.00138. The number of hydrogen-bond donors (Lipinski definition) is 0. The average molecular weight is 315 g/mol. The van der Waals surface area contributed by atoms with E-state index in [-0.39, 0.29) is 17.7 Å². The molecule has 0 spiro atoms. The third kappa shape index (κ3) is 2.71. The SMILES string of the molecule is COC[C@H]1COCCN1S(=O)(=O)c1ccc2c(c1)OCO2. The van der Waals surface area contributed by atoms with Crippen molar-refractivity contribution in [1.82, 2.24) is 4.31 Å². The van der Waals surface area contributed by atoms with Gasteiger partial charge in [-0.15, -0.1) is 0 Å². The molecule has 1 fully saturated rings. The quantitative estimate of drug-likeness (QED) is 0.803. The van der Waals surface area contributed by atoms with Crippen LogP contribution in [0, 0.1) is 0 Å². The minimum atomic E-state index is -3.62. The lowest BCUT2D eigenvalue weighted by Gasteiger charge is -2.34. The second kappa shape index (κ2) is 5.80. The molecule has 0 saturated carbocycles. The number of rotatable bonds is 4. The third-order valence-corrected chi connectivity index (χ3v) is 5.43. The van der Waals surface area contributed by atoms with Crippen LogP contribution in [0.3, 0.4) is 0 Å². The maximum absolute atomic E-state index is 12.8. The van der Waals surface area contributed by atoms with Gasteiger partial charge in [-0.05, 0) is 12.1 Å². The highest BCUT2D eigenvalue weighted by atomic mass is 32.2. The molecule has 1 atom stereocenters. The molecule has 0 unspecified atom stereocenters. The van der Waals surface area contributed by atoms with Crippen LogP contribution in [0.1, 0.15) is 0 Å². The van der Waals surface area contributed by atoms with Crippen molar-refractivity contribution < 1.29 is 27.4 Å². The molecule has 0 N–H and O–H groups in total. The molecular weight excluding hydrogens is 298 g/mol. The largest absolute Gasteiger partial charge is 0.454 e. The summed E-state index contributed by atoms with van der Waals surface area (Å²) in [5, 5.41) is 0. The van der Waals surface area contributed by atoms with Gasteiger partial charge in [0.1, 0.15) is 0 Å². The molecule has 0 aromatic heterocycles. The van der Waals surface area contributed by atoms with Crippen LogP contribution in [0.2, 0.25) is 0 Å². The zero-order valence-corrected chi connectivity index (χ0v) is 12.5. The molecule has 1 saturated heterocycles. The fourth-order valence-corrected chi connectivity index (χ4v) is 4.05. The first kappa shape index (κ1) is 14.6. The smallest absolute Gasteiger partial charge is 0.243 e. The normalized spacial score (nSPS) is 22.4. The molecule has 8 heteroatoms. The number of hydrogen-bond acceptors (Lipinski definition) is 6. The molecule has 2 aliphatic heterocycles. The predicted molar refractivity (Wildman–Crippen MR) is 72.9 cm³/mol. The van der Waals surface area contributed by atoms with E-state index in [1.165, 1.54) is 16.4 Å². The fourth-order valence-electron chi connectivity index (χ4n) is 2.45. The Morgan fingerprint density at radius 3 is 2.95 bits per heavy atom. The Hall–Kier alpha value is -1.35. The summed E-state index contributed by atoms with van der Waals surface area (Å²) in [6, 6.07) is 4.32. The zero-order valence-electron chi connectivity index (χ0n) is 11.6. The number of benzene rings is 1. The highest BCUT2D eigenvalue weighted by Crippen LogP contribution is 2.35. The Bertz CT molecular complexity index is 615. The van der Waals surface area contributed by atoms with Crippen molar-refractivity contribution in [2.24, 2.45) is 0 Å². The van der Waals surface area contributed by atoms with Crippen LogP contribution in [-0.4, -0.2) is 59.0 Å². The van der Waals surface area contributed by atoms with E-state index >= 15 is 0 Å². The van der Waals surface area contributed by atoms with Crippen LogP contribution in [0.4, 0.5) is 0 Å². The zero-order chi connectivity index (χ0) is 14.9. The Labute approximate surface area is 123 Å². The Morgan fingerprint density at radius 1 is 1.33 bits per heavy atom. The van der Waals surface area contributed by atoms with Crippen molar-refractivity contribution in [3.05, 3.63) is 18.2 Å². The second-order valence-corrected chi connectivity index (χ2v) is 6.71. The van der Waals surface area contributed by atoms with E-state index < -0.39 is 10.0 Å². The predicted octanol–water partition coefficient (Wildman–Crippen LogP) is 0.451. The van der Waals surface area contributed by atoms with Gasteiger partial charge in [0.25, 0.3) is 0 Å². The standard InChI is InChI=1S/C13H17NO6S/c1-17-7-10-8-18-5-4-14(10)21(15,16)11-2-3-12-13(6-11)20-9-19-12/h2-3,6,10H,4-5,7-9H2,1H3/t10-/m0/s1. The first-order valence-corrected chi connectivity index (χ1v) is 8.05. The molecule has 1 aromatic carbocycles. The summed E-state index contributed by atoms with van der Waals surface area (Å²) in [6.45, 7) is 1.43. The molecule has 3 rings (SSSR count). The van der Waals surface area contributed by atoms with E-state index in [1.54, 1.807) is 13.2 Å². The molecule has 0 radical (unpaired) electrons. The number of nitrogens with zero attached hydrogens (tertiary/aromatic N) is 1. The summed E-state index contributed by atoms with van der Waals surface area (Å²) < 4.78 is 47.9. The first-order valence-electron chi connectivity index (χ1n) is 6.61. The number of morpholine rings is 1. The number of ether oxygens (including phenoxy) is 4. The van der Waals surface area contributed by atoms with Gasteiger partial charge in [-0.2, -0.15) is 4.31 Å². The van der Waals surface area contributed by atoms with E-state index in [4.69, 9.17) is 18.9 Å². The molecule has 2 aliphatic rings. The van der Waals surface area contributed by atoms with Gasteiger partial charge >= 0.3 is 0 Å². The molecule has 7 nitrogen and oxygen atoms in total. The van der Waals surface area contributed by atoms with Gasteiger partial charge in [-0.25, -0.2) is 8.42 Å². The summed E-state index contributed by atoms with van der Waals surface area (Å²) in [7, 11) is -2.08. The lowest BCUT2D eigenvalue weighted by Crippen LogP contribution is -2.50. The van der Waals surface area contributed by atoms with Crippen LogP contribution in [0.25, 0.3) is 0 Å². The summed E-state index contributed by atoms with van der Waals surface area (Å²) in [6.07, 6.45) is 0. The van der Waals surface area contributed by atoms with Crippen molar-refractivity contribution >= 4 is 10.0 Å². The van der Waals surface area contributed by atoms with Crippen LogP contribution in [0.15, 0.2) is 23.1 Å². The molecule has 0 aliphatic carbocycles. The topological polar surface area (TPSA) is 74.3 Å². The lowest BCUT2D eigenvalue weighted by atomic mass is 10.3. The van der Waals surface area contributed by atoms with Gasteiger partial charge < -0.3 is 18.9 Å². The van der Waals surface area contributed by atoms with Crippen LogP contribution >= 0.6 is 0 Å². The monoisotopic (exact) mass is 315 g/mol. The molecule has 0 amide bonds. The van der Waals surface area contributed by atoms with Gasteiger partial charge in [-0.3, -0.25) is 0 Å². The number of methoxy groups -OCH3 is 1. The summed E-state index contributed by atoms with van der Waals surface area (Å²) >= 11 is 0. The highest BCUT2D eigenvalue weighted by molar-refractivity contribution is 7.89. The average Bonchev–Trinajstić information content (AvgIpc) is 2.95. The van der Waals surface area contributed by atoms with E-state index in [9.17, 15) is 8.42 Å². The summed E-state index contributed by atoms with van der Waals surface area (Å²) in [5.41, 5.74) is 0. The van der Waals surface area contributed by atoms with E-state index in [1.807, 2.05) is 0 Å². The van der Waals surface area contributed by atoms with Gasteiger partial charge in [0.15, 0.2) is 11.5 Å². The Balaban J connectivity index is 1.91. The van der Waals surface area contributed by atoms with Crippen molar-refractivity contribution in [2.75, 3.05) is 40.3 Å². The van der Waals surface area contributed by atoms with Gasteiger partial charge in [0.05, 0.1) is 30.8 Å². The second-order valence-electron chi connectivity index (χ2n) is 4.81. The maximum atomic E-state index is 12.8. The molecule has 21 heavy (non-hydrogen) atoms. The van der Waals surface area contributed by atoms with E-state index in [0.29, 0.717) is 37.9 Å². The third-order valence-electron chi connectivity index (χ3n) is 3.48. The van der Waals surface area contributed by atoms with E-state index in [0.717, 1.165) is 0 Å². The molecule has 1 aromatic rings. The first-order chi connectivity index (χ1) is 10.1. The van der Waals surface area contributed by atoms with Crippen molar-refractivity contribution in [2.45, 2.75) is 10.9 Å². The van der Waals surface area contributed by atoms with Gasteiger partial charge in [0, 0.05) is 19.7 Å². The van der Waals surface area contributed by atoms with Gasteiger partial charge in [0.2, 0.25) is 16.8 Å². The number of sulfonamides is 1. The molecule has 2 heterocycles. The molecular formula is C13H17NO6S. The molecule has 0 bridgehead atoms. The van der Waals surface area contributed by atoms with Crippen LogP contribution in [0.5, 0.6) is 11.5 Å². The van der Waals surface area contributed by atoms with E-state index in [2.05, 4.69) is 0 Å². The molecule has 116 valence electrons. The Kier molecular flexibility index (Phi) is 4.03. The van der Waals surface area contributed by atoms with Gasteiger partial charge in [-0.1, -0.05) is 0 Å².